The largest absolute Gasteiger partial charge is 0.497 e. The predicted molar refractivity (Wildman–Crippen MR) is 395 cm³/mol. The number of Topliss-reactive ketones (excluding diaryl/α,β-unsaturated/α-hetero) is 2. The molecule has 3 aromatic carbocycles. The Hall–Kier alpha value is -8.05. The van der Waals surface area contributed by atoms with Gasteiger partial charge in [0.15, 0.2) is 6.40 Å². The normalized spacial score (nSPS) is 14.9. The van der Waals surface area contributed by atoms with Gasteiger partial charge >= 0.3 is 11.7 Å². The summed E-state index contributed by atoms with van der Waals surface area (Å²) in [5.74, 6) is 1.44. The minimum Gasteiger partial charge on any atom is -0.497 e. The van der Waals surface area contributed by atoms with Crippen LogP contribution in [0.3, 0.4) is 0 Å². The molecule has 8 N–H and O–H groups in total. The van der Waals surface area contributed by atoms with E-state index in [0.717, 1.165) is 99.3 Å². The van der Waals surface area contributed by atoms with Crippen molar-refractivity contribution in [2.45, 2.75) is 202 Å². The topological polar surface area (TPSA) is 360 Å². The van der Waals surface area contributed by atoms with Gasteiger partial charge in [-0.2, -0.15) is 4.98 Å². The lowest BCUT2D eigenvalue weighted by atomic mass is 9.77. The number of unbranched alkanes of at least 4 members (excludes halogenated alkanes) is 5. The van der Waals surface area contributed by atoms with Gasteiger partial charge in [0.1, 0.15) is 29.4 Å². The smallest absolute Gasteiger partial charge is 0.351 e. The molecule has 1 aliphatic heterocycles. The highest BCUT2D eigenvalue weighted by Crippen LogP contribution is 2.41. The third-order valence-corrected chi connectivity index (χ3v) is 17.5. The minimum atomic E-state index is -1.22. The lowest BCUT2D eigenvalue weighted by Crippen LogP contribution is -2.45. The molecule has 102 heavy (non-hydrogen) atoms. The van der Waals surface area contributed by atoms with Crippen molar-refractivity contribution < 1.29 is 54.3 Å². The zero-order valence-electron chi connectivity index (χ0n) is 63.3. The zero-order valence-corrected chi connectivity index (χ0v) is 62.2. The first-order valence-corrected chi connectivity index (χ1v) is 36.7. The van der Waals surface area contributed by atoms with Crippen LogP contribution in [0.25, 0.3) is 0 Å². The number of aliphatic imine (C=N–C) groups is 1. The highest BCUT2D eigenvalue weighted by atomic mass is 31.2. The fourth-order valence-electron chi connectivity index (χ4n) is 10.9. The van der Waals surface area contributed by atoms with Crippen LogP contribution >= 0.6 is 8.38 Å². The number of anilines is 1. The van der Waals surface area contributed by atoms with Crippen LogP contribution < -0.4 is 27.2 Å². The van der Waals surface area contributed by atoms with Gasteiger partial charge in [0.05, 0.1) is 55.0 Å². The van der Waals surface area contributed by atoms with Crippen LogP contribution in [0, 0.1) is 12.8 Å². The fourth-order valence-corrected chi connectivity index (χ4v) is 11.8. The van der Waals surface area contributed by atoms with Gasteiger partial charge in [-0.1, -0.05) is 122 Å². The van der Waals surface area contributed by atoms with E-state index in [1.165, 1.54) is 41.7 Å². The molecule has 5 unspecified atom stereocenters. The van der Waals surface area contributed by atoms with E-state index in [2.05, 4.69) is 141 Å². The summed E-state index contributed by atoms with van der Waals surface area (Å²) in [6.45, 7) is 19.5. The Morgan fingerprint density at radius 3 is 1.86 bits per heavy atom. The number of ether oxygens (including phenoxy) is 3. The van der Waals surface area contributed by atoms with Crippen molar-refractivity contribution in [3.63, 3.8) is 0 Å². The van der Waals surface area contributed by atoms with Crippen LogP contribution in [0.15, 0.2) is 120 Å². The Morgan fingerprint density at radius 1 is 0.794 bits per heavy atom. The van der Waals surface area contributed by atoms with E-state index in [4.69, 9.17) is 36.3 Å². The Bertz CT molecular complexity index is 3420. The average Bonchev–Trinajstić information content (AvgIpc) is 1.21. The standard InChI is InChI=1S/C28H33NO2.C25H41N4O7P.C19H32N10O2.CH4O.H3N/c1-22(23(2)30)12-10-11-21-29-28(24-13-6-4-7-14-24,25-15-8-5-9-16-25)26-17-19-27(31-3)20-18-26;1-6-26-17-34-37(5)36-21-15-22(35-20(21)4)29-16-18(2)24(28-25(29)32)27-13-9-7-8-10-14-33-23(31)12-11-19(3)30;1-2-3-6-27-14-17(20-23-27)11-26(12-18-15-28(24-21-18)7-4-9-30)13-19-16-29(25-22-19)8-5-10-31;1-2;/h4-9,13-20,22,29H,10-12,21H2,1-3H3;16-17,20-22H,6-15H2,1-5H3,(H,27,28,32);14-16,30-31H,2-13H2,1H3;2H,1H3;1H3/i;4D;;2T;. The van der Waals surface area contributed by atoms with Crippen molar-refractivity contribution in [1.82, 2.24) is 70.9 Å². The number of rotatable bonds is 43. The molecule has 0 aliphatic carbocycles. The van der Waals surface area contributed by atoms with Gasteiger partial charge < -0.3 is 54.8 Å². The lowest BCUT2D eigenvalue weighted by Gasteiger charge is -2.37. The number of ketones is 2. The minimum absolute atomic E-state index is 0. The Kier molecular flexibility index (Phi) is 39.6. The lowest BCUT2D eigenvalue weighted by molar-refractivity contribution is -0.144. The number of esters is 1. The summed E-state index contributed by atoms with van der Waals surface area (Å²) in [6, 6.07) is 29.5. The average molecular weight is 1440 g/mol. The van der Waals surface area contributed by atoms with Crippen LogP contribution in [0.1, 0.15) is 178 Å². The Labute approximate surface area is 605 Å². The molecule has 1 fully saturated rings. The van der Waals surface area contributed by atoms with Crippen molar-refractivity contribution in [2.75, 3.05) is 65.7 Å². The van der Waals surface area contributed by atoms with Crippen LogP contribution in [0.2, 0.25) is 0 Å². The summed E-state index contributed by atoms with van der Waals surface area (Å²) in [5.41, 5.74) is 6.04. The number of methoxy groups -OCH3 is 1. The van der Waals surface area contributed by atoms with Crippen molar-refractivity contribution >= 4 is 38.1 Å². The quantitative estimate of drug-likeness (QED) is 0.00516. The van der Waals surface area contributed by atoms with E-state index in [-0.39, 0.29) is 68.7 Å². The van der Waals surface area contributed by atoms with Gasteiger partial charge in [-0.3, -0.25) is 43.4 Å². The summed E-state index contributed by atoms with van der Waals surface area (Å²) in [7, 11) is 1.76. The van der Waals surface area contributed by atoms with Gasteiger partial charge in [-0.15, -0.1) is 15.3 Å². The molecule has 4 aromatic heterocycles. The number of hydrogen-bond donors (Lipinski definition) is 6. The predicted octanol–water partition coefficient (Wildman–Crippen LogP) is 10.1. The van der Waals surface area contributed by atoms with Crippen LogP contribution in [0.5, 0.6) is 5.75 Å². The number of carbonyl (C=O) groups is 3. The Balaban J connectivity index is 0.000000324. The van der Waals surface area contributed by atoms with E-state index in [9.17, 15) is 19.2 Å². The second-order valence-corrected chi connectivity index (χ2v) is 25.9. The van der Waals surface area contributed by atoms with Gasteiger partial charge in [-0.25, -0.2) is 4.79 Å². The van der Waals surface area contributed by atoms with E-state index < -0.39 is 31.9 Å². The Morgan fingerprint density at radius 2 is 1.34 bits per heavy atom. The molecule has 0 radical (unpaired) electrons. The molecule has 0 saturated carbocycles. The molecule has 0 spiro atoms. The number of aliphatic hydroxyl groups is 3. The monoisotopic (exact) mass is 1440 g/mol. The van der Waals surface area contributed by atoms with Crippen LogP contribution in [-0.4, -0.2) is 173 Å². The first kappa shape index (κ1) is 82.9. The number of aryl methyl sites for hydroxylation is 4. The number of nitrogens with one attached hydrogen (secondary N) is 2. The second-order valence-electron chi connectivity index (χ2n) is 24.6. The molecule has 5 heterocycles. The SMILES string of the molecule is CCCCn1cc(CN(Cc2cn(CCCO)nn2)Cc2cn(CCCO)nn2)nn1.COc1ccc(C(NCCCCC(C)C(C)=O)(c2ccccc2)c2ccccc2)cc1.N.[2H]CC1OC(n2cc(C)c(NCCCCCCOC(=O)CCC(C)=O)nc2=O)CC1OP(C)OC=NCC.[3H]OC. The van der Waals surface area contributed by atoms with Crippen molar-refractivity contribution in [3.05, 3.63) is 160 Å². The maximum absolute atomic E-state index is 12.8. The molecule has 29 heteroatoms. The van der Waals surface area contributed by atoms with Crippen molar-refractivity contribution in [2.24, 2.45) is 10.9 Å². The number of nitrogens with zero attached hydrogens (tertiary/aromatic N) is 13. The highest BCUT2D eigenvalue weighted by molar-refractivity contribution is 7.46. The summed E-state index contributed by atoms with van der Waals surface area (Å²) in [6.07, 6.45) is 18.2. The van der Waals surface area contributed by atoms with Crippen LogP contribution in [-0.2, 0) is 77.7 Å². The van der Waals surface area contributed by atoms with Crippen LogP contribution in [0.4, 0.5) is 5.82 Å². The molecule has 0 bridgehead atoms. The van der Waals surface area contributed by atoms with E-state index in [1.807, 2.05) is 62.8 Å². The third-order valence-electron chi connectivity index (χ3n) is 16.5. The molecule has 5 atom stereocenters. The molecular weight excluding hydrogens is 1320 g/mol. The van der Waals surface area contributed by atoms with Gasteiger partial charge in [0.25, 0.3) is 0 Å². The molecule has 8 rings (SSSR count). The summed E-state index contributed by atoms with van der Waals surface area (Å²) in [5, 5.41) is 54.0. The van der Waals surface area contributed by atoms with Crippen molar-refractivity contribution in [1.29, 1.82) is 1.43 Å². The van der Waals surface area contributed by atoms with Gasteiger partial charge in [0, 0.05) is 130 Å². The fraction of sp³-hybridized carbons (Fsp3) is 0.562. The maximum atomic E-state index is 12.8. The number of aromatic nitrogens is 11. The van der Waals surface area contributed by atoms with E-state index in [1.54, 1.807) is 29.6 Å². The molecule has 0 amide bonds. The third kappa shape index (κ3) is 30.1. The van der Waals surface area contributed by atoms with Gasteiger partial charge in [-0.05, 0) is 121 Å². The summed E-state index contributed by atoms with van der Waals surface area (Å²) >= 11 is 0. The maximum Gasteiger partial charge on any atom is 0.351 e. The number of carbonyl (C=O) groups excluding carboxylic acids is 3. The second kappa shape index (κ2) is 48.8. The zero-order chi connectivity index (χ0) is 74.6. The summed E-state index contributed by atoms with van der Waals surface area (Å²) in [4.78, 5) is 57.1. The highest BCUT2D eigenvalue weighted by Gasteiger charge is 2.38. The number of hydrogen-bond acceptors (Lipinski definition) is 24. The van der Waals surface area contributed by atoms with E-state index >= 15 is 0 Å². The first-order chi connectivity index (χ1) is 49.9. The van der Waals surface area contributed by atoms with Crippen molar-refractivity contribution in [3.8, 4) is 5.75 Å². The summed E-state index contributed by atoms with van der Waals surface area (Å²) < 4.78 is 48.2. The molecule has 1 aliphatic rings. The van der Waals surface area contributed by atoms with E-state index in [0.29, 0.717) is 77.5 Å². The molecule has 7 aromatic rings. The van der Waals surface area contributed by atoms with Gasteiger partial charge in [0.2, 0.25) is 9.81 Å². The molecule has 28 nitrogen and oxygen atoms in total. The number of aliphatic hydroxyl groups excluding tert-OH is 3. The molecule has 562 valence electrons. The molecular formula is C73H113N16O12P. The first-order valence-electron chi connectivity index (χ1n) is 36.2. The molecule has 1 saturated heterocycles. The number of benzene rings is 3.